The molecule has 0 bridgehead atoms. The molecule has 102 valence electrons. The fourth-order valence-electron chi connectivity index (χ4n) is 1.51. The van der Waals surface area contributed by atoms with Crippen LogP contribution in [0.3, 0.4) is 0 Å². The Kier molecular flexibility index (Phi) is 7.41. The number of rotatable bonds is 9. The van der Waals surface area contributed by atoms with Crippen molar-refractivity contribution in [2.75, 3.05) is 47.5 Å². The van der Waals surface area contributed by atoms with Gasteiger partial charge in [0, 0.05) is 19.6 Å². The zero-order valence-corrected chi connectivity index (χ0v) is 11.6. The molecule has 0 atom stereocenters. The van der Waals surface area contributed by atoms with Gasteiger partial charge in [0.05, 0.1) is 20.3 Å². The predicted molar refractivity (Wildman–Crippen MR) is 74.1 cm³/mol. The first-order chi connectivity index (χ1) is 8.72. The Labute approximate surface area is 110 Å². The van der Waals surface area contributed by atoms with Crippen LogP contribution in [0.5, 0.6) is 5.75 Å². The molecule has 0 radical (unpaired) electrons. The van der Waals surface area contributed by atoms with Crippen LogP contribution in [0.1, 0.15) is 5.56 Å². The van der Waals surface area contributed by atoms with Gasteiger partial charge < -0.3 is 19.7 Å². The van der Waals surface area contributed by atoms with E-state index in [9.17, 15) is 0 Å². The molecule has 0 saturated heterocycles. The lowest BCUT2D eigenvalue weighted by Gasteiger charge is -2.10. The van der Waals surface area contributed by atoms with Crippen molar-refractivity contribution in [2.45, 2.75) is 6.54 Å². The van der Waals surface area contributed by atoms with E-state index < -0.39 is 0 Å². The molecule has 1 aromatic rings. The third kappa shape index (κ3) is 6.59. The van der Waals surface area contributed by atoms with Crippen molar-refractivity contribution in [3.8, 4) is 5.75 Å². The molecule has 4 nitrogen and oxygen atoms in total. The molecular weight excluding hydrogens is 228 g/mol. The highest BCUT2D eigenvalue weighted by atomic mass is 16.5. The Morgan fingerprint density at radius 2 is 2.06 bits per heavy atom. The lowest BCUT2D eigenvalue weighted by atomic mass is 10.2. The number of methoxy groups -OCH3 is 1. The quantitative estimate of drug-likeness (QED) is 0.673. The lowest BCUT2D eigenvalue weighted by molar-refractivity contribution is 0.119. The molecule has 18 heavy (non-hydrogen) atoms. The standard InChI is InChI=1S/C14H24N2O2/c1-16(2)8-10-18-9-7-15-12-13-5-4-6-14(11-13)17-3/h4-6,11,15H,7-10,12H2,1-3H3. The van der Waals surface area contributed by atoms with E-state index >= 15 is 0 Å². The summed E-state index contributed by atoms with van der Waals surface area (Å²) in [5.41, 5.74) is 1.22. The second-order valence-corrected chi connectivity index (χ2v) is 4.44. The second-order valence-electron chi connectivity index (χ2n) is 4.44. The SMILES string of the molecule is COc1cccc(CNCCOCCN(C)C)c1. The maximum Gasteiger partial charge on any atom is 0.119 e. The summed E-state index contributed by atoms with van der Waals surface area (Å²) in [4.78, 5) is 2.11. The number of hydrogen-bond donors (Lipinski definition) is 1. The third-order valence-electron chi connectivity index (χ3n) is 2.57. The predicted octanol–water partition coefficient (Wildman–Crippen LogP) is 1.36. The van der Waals surface area contributed by atoms with Gasteiger partial charge in [-0.1, -0.05) is 12.1 Å². The number of hydrogen-bond acceptors (Lipinski definition) is 4. The van der Waals surface area contributed by atoms with Crippen LogP contribution in [0.15, 0.2) is 24.3 Å². The van der Waals surface area contributed by atoms with Crippen molar-refractivity contribution in [3.05, 3.63) is 29.8 Å². The van der Waals surface area contributed by atoms with Gasteiger partial charge in [0.1, 0.15) is 5.75 Å². The van der Waals surface area contributed by atoms with E-state index in [1.165, 1.54) is 5.56 Å². The van der Waals surface area contributed by atoms with Gasteiger partial charge in [0.15, 0.2) is 0 Å². The van der Waals surface area contributed by atoms with E-state index in [0.717, 1.165) is 38.6 Å². The molecule has 0 aliphatic rings. The summed E-state index contributed by atoms with van der Waals surface area (Å²) in [6, 6.07) is 8.08. The average molecular weight is 252 g/mol. The lowest BCUT2D eigenvalue weighted by Crippen LogP contribution is -2.23. The minimum Gasteiger partial charge on any atom is -0.497 e. The Hall–Kier alpha value is -1.10. The van der Waals surface area contributed by atoms with Crippen LogP contribution >= 0.6 is 0 Å². The highest BCUT2D eigenvalue weighted by Crippen LogP contribution is 2.11. The normalized spacial score (nSPS) is 10.9. The summed E-state index contributed by atoms with van der Waals surface area (Å²) in [7, 11) is 5.78. The van der Waals surface area contributed by atoms with Crippen LogP contribution in [0, 0.1) is 0 Å². The Morgan fingerprint density at radius 1 is 1.22 bits per heavy atom. The van der Waals surface area contributed by atoms with Crippen molar-refractivity contribution in [1.82, 2.24) is 10.2 Å². The first-order valence-electron chi connectivity index (χ1n) is 6.28. The van der Waals surface area contributed by atoms with Gasteiger partial charge in [-0.2, -0.15) is 0 Å². The molecule has 1 rings (SSSR count). The van der Waals surface area contributed by atoms with Gasteiger partial charge >= 0.3 is 0 Å². The Morgan fingerprint density at radius 3 is 2.78 bits per heavy atom. The number of ether oxygens (including phenoxy) is 2. The van der Waals surface area contributed by atoms with Crippen molar-refractivity contribution in [3.63, 3.8) is 0 Å². The van der Waals surface area contributed by atoms with E-state index in [0.29, 0.717) is 0 Å². The monoisotopic (exact) mass is 252 g/mol. The third-order valence-corrected chi connectivity index (χ3v) is 2.57. The molecule has 0 heterocycles. The Bertz CT molecular complexity index is 329. The molecule has 1 N–H and O–H groups in total. The molecule has 0 aliphatic heterocycles. The van der Waals surface area contributed by atoms with Crippen LogP contribution in [0.2, 0.25) is 0 Å². The molecular formula is C14H24N2O2. The van der Waals surface area contributed by atoms with E-state index in [-0.39, 0.29) is 0 Å². The molecule has 0 spiro atoms. The molecule has 4 heteroatoms. The van der Waals surface area contributed by atoms with Gasteiger partial charge in [-0.05, 0) is 31.8 Å². The smallest absolute Gasteiger partial charge is 0.119 e. The maximum absolute atomic E-state index is 5.50. The minimum absolute atomic E-state index is 0.748. The molecule has 0 unspecified atom stereocenters. The van der Waals surface area contributed by atoms with Gasteiger partial charge in [0.25, 0.3) is 0 Å². The Balaban J connectivity index is 2.06. The summed E-state index contributed by atoms with van der Waals surface area (Å²) in [5, 5.41) is 3.35. The topological polar surface area (TPSA) is 33.7 Å². The number of nitrogens with one attached hydrogen (secondary N) is 1. The summed E-state index contributed by atoms with van der Waals surface area (Å²) in [6.07, 6.45) is 0. The van der Waals surface area contributed by atoms with Crippen LogP contribution in [0.4, 0.5) is 0 Å². The van der Waals surface area contributed by atoms with Crippen LogP contribution in [0.25, 0.3) is 0 Å². The fourth-order valence-corrected chi connectivity index (χ4v) is 1.51. The second kappa shape index (κ2) is 8.91. The van der Waals surface area contributed by atoms with E-state index in [1.807, 2.05) is 32.3 Å². The maximum atomic E-state index is 5.50. The van der Waals surface area contributed by atoms with E-state index in [4.69, 9.17) is 9.47 Å². The summed E-state index contributed by atoms with van der Waals surface area (Å²) < 4.78 is 10.7. The van der Waals surface area contributed by atoms with Gasteiger partial charge in [-0.25, -0.2) is 0 Å². The largest absolute Gasteiger partial charge is 0.497 e. The average Bonchev–Trinajstić information content (AvgIpc) is 2.37. The van der Waals surface area contributed by atoms with E-state index in [2.05, 4.69) is 16.3 Å². The van der Waals surface area contributed by atoms with Crippen molar-refractivity contribution in [2.24, 2.45) is 0 Å². The zero-order valence-electron chi connectivity index (χ0n) is 11.6. The van der Waals surface area contributed by atoms with Crippen LogP contribution in [-0.4, -0.2) is 52.4 Å². The molecule has 0 aliphatic carbocycles. The molecule has 0 aromatic heterocycles. The van der Waals surface area contributed by atoms with Gasteiger partial charge in [0.2, 0.25) is 0 Å². The molecule has 1 aromatic carbocycles. The zero-order chi connectivity index (χ0) is 13.2. The number of benzene rings is 1. The molecule has 0 amide bonds. The summed E-state index contributed by atoms with van der Waals surface area (Å²) in [6.45, 7) is 4.21. The fraction of sp³-hybridized carbons (Fsp3) is 0.571. The summed E-state index contributed by atoms with van der Waals surface area (Å²) in [5.74, 6) is 0.900. The first kappa shape index (κ1) is 15.0. The van der Waals surface area contributed by atoms with Gasteiger partial charge in [-0.15, -0.1) is 0 Å². The highest BCUT2D eigenvalue weighted by Gasteiger charge is 1.96. The number of likely N-dealkylation sites (N-methyl/N-ethyl adjacent to an activating group) is 1. The minimum atomic E-state index is 0.748. The first-order valence-corrected chi connectivity index (χ1v) is 6.28. The molecule has 0 saturated carbocycles. The molecule has 0 fully saturated rings. The van der Waals surface area contributed by atoms with Gasteiger partial charge in [-0.3, -0.25) is 0 Å². The van der Waals surface area contributed by atoms with Crippen molar-refractivity contribution in [1.29, 1.82) is 0 Å². The number of nitrogens with zero attached hydrogens (tertiary/aromatic N) is 1. The van der Waals surface area contributed by atoms with E-state index in [1.54, 1.807) is 7.11 Å². The van der Waals surface area contributed by atoms with Crippen molar-refractivity contribution >= 4 is 0 Å². The summed E-state index contributed by atoms with van der Waals surface area (Å²) >= 11 is 0. The van der Waals surface area contributed by atoms with Crippen molar-refractivity contribution < 1.29 is 9.47 Å². The highest BCUT2D eigenvalue weighted by molar-refractivity contribution is 5.28. The van der Waals surface area contributed by atoms with Crippen LogP contribution in [-0.2, 0) is 11.3 Å². The van der Waals surface area contributed by atoms with Crippen LogP contribution < -0.4 is 10.1 Å².